The van der Waals surface area contributed by atoms with Gasteiger partial charge in [-0.3, -0.25) is 4.79 Å². The Morgan fingerprint density at radius 3 is 2.50 bits per heavy atom. The Labute approximate surface area is 104 Å². The molecule has 0 radical (unpaired) electrons. The molecule has 1 N–H and O–H groups in total. The molecule has 1 amide bonds. The highest BCUT2D eigenvalue weighted by Crippen LogP contribution is 2.27. The molecule has 1 unspecified atom stereocenters. The van der Waals surface area contributed by atoms with Crippen molar-refractivity contribution in [3.63, 3.8) is 0 Å². The molecule has 1 aliphatic heterocycles. The maximum Gasteiger partial charge on any atom is 0.302 e. The summed E-state index contributed by atoms with van der Waals surface area (Å²) in [6.07, 6.45) is 0.0179. The predicted octanol–water partition coefficient (Wildman–Crippen LogP) is 1.04. The zero-order valence-electron chi connectivity index (χ0n) is 9.41. The molecule has 0 saturated carbocycles. The van der Waals surface area contributed by atoms with Crippen LogP contribution in [0.25, 0.3) is 0 Å². The number of carbonyl (C=O) groups is 1. The molecule has 5 nitrogen and oxygen atoms in total. The van der Waals surface area contributed by atoms with Gasteiger partial charge in [-0.25, -0.2) is 0 Å². The van der Waals surface area contributed by atoms with Gasteiger partial charge in [0.05, 0.1) is 5.75 Å². The molecule has 0 bridgehead atoms. The lowest BCUT2D eigenvalue weighted by atomic mass is 10.1. The molecule has 2 rings (SSSR count). The number of nitrogens with zero attached hydrogens (tertiary/aromatic N) is 1. The Hall–Kier alpha value is -1.63. The SMILES string of the molecule is O=C1CC(CS(=O)(=O)F)CN1c1ccc(O)cc1. The lowest BCUT2D eigenvalue weighted by Crippen LogP contribution is -2.25. The fourth-order valence-electron chi connectivity index (χ4n) is 2.06. The summed E-state index contributed by atoms with van der Waals surface area (Å²) in [4.78, 5) is 13.1. The third-order valence-electron chi connectivity index (χ3n) is 2.80. The van der Waals surface area contributed by atoms with E-state index >= 15 is 0 Å². The van der Waals surface area contributed by atoms with Gasteiger partial charge in [0.2, 0.25) is 5.91 Å². The molecule has 98 valence electrons. The van der Waals surface area contributed by atoms with Crippen molar-refractivity contribution in [2.75, 3.05) is 17.2 Å². The van der Waals surface area contributed by atoms with Gasteiger partial charge in [0.1, 0.15) is 5.75 Å². The Bertz CT molecular complexity index is 555. The van der Waals surface area contributed by atoms with Crippen molar-refractivity contribution in [2.24, 2.45) is 5.92 Å². The van der Waals surface area contributed by atoms with Crippen LogP contribution in [0.1, 0.15) is 6.42 Å². The third kappa shape index (κ3) is 2.98. The fraction of sp³-hybridized carbons (Fsp3) is 0.364. The zero-order chi connectivity index (χ0) is 13.3. The van der Waals surface area contributed by atoms with Gasteiger partial charge >= 0.3 is 10.2 Å². The van der Waals surface area contributed by atoms with Crippen LogP contribution in [0.2, 0.25) is 0 Å². The maximum atomic E-state index is 12.6. The Morgan fingerprint density at radius 1 is 1.33 bits per heavy atom. The number of halogens is 1. The molecule has 0 aliphatic carbocycles. The van der Waals surface area contributed by atoms with E-state index in [2.05, 4.69) is 0 Å². The molecule has 1 heterocycles. The van der Waals surface area contributed by atoms with Gasteiger partial charge < -0.3 is 10.0 Å². The molecule has 1 aromatic carbocycles. The summed E-state index contributed by atoms with van der Waals surface area (Å²) >= 11 is 0. The van der Waals surface area contributed by atoms with Crippen molar-refractivity contribution < 1.29 is 22.2 Å². The molecule has 0 aromatic heterocycles. The van der Waals surface area contributed by atoms with E-state index in [0.717, 1.165) is 0 Å². The van der Waals surface area contributed by atoms with Crippen LogP contribution in [-0.2, 0) is 15.0 Å². The lowest BCUT2D eigenvalue weighted by Gasteiger charge is -2.16. The molecule has 1 atom stereocenters. The molecule has 1 aromatic rings. The van der Waals surface area contributed by atoms with Crippen molar-refractivity contribution in [1.82, 2.24) is 0 Å². The second-order valence-corrected chi connectivity index (χ2v) is 5.71. The van der Waals surface area contributed by atoms with Gasteiger partial charge in [-0.1, -0.05) is 0 Å². The highest BCUT2D eigenvalue weighted by Gasteiger charge is 2.33. The molecule has 1 aliphatic rings. The smallest absolute Gasteiger partial charge is 0.302 e. The number of hydrogen-bond donors (Lipinski definition) is 1. The van der Waals surface area contributed by atoms with Crippen LogP contribution in [0.5, 0.6) is 5.75 Å². The van der Waals surface area contributed by atoms with Gasteiger partial charge in [0.15, 0.2) is 0 Å². The van der Waals surface area contributed by atoms with E-state index in [4.69, 9.17) is 5.11 Å². The van der Waals surface area contributed by atoms with E-state index in [1.54, 1.807) is 12.1 Å². The number of carbonyl (C=O) groups excluding carboxylic acids is 1. The quantitative estimate of drug-likeness (QED) is 0.835. The summed E-state index contributed by atoms with van der Waals surface area (Å²) in [6.45, 7) is 0.173. The first kappa shape index (κ1) is 12.8. The topological polar surface area (TPSA) is 74.7 Å². The van der Waals surface area contributed by atoms with Crippen LogP contribution in [0.15, 0.2) is 24.3 Å². The van der Waals surface area contributed by atoms with E-state index in [1.807, 2.05) is 0 Å². The van der Waals surface area contributed by atoms with Crippen molar-refractivity contribution in [3.05, 3.63) is 24.3 Å². The van der Waals surface area contributed by atoms with Crippen LogP contribution < -0.4 is 4.90 Å². The normalized spacial score (nSPS) is 20.4. The Kier molecular flexibility index (Phi) is 3.25. The highest BCUT2D eigenvalue weighted by molar-refractivity contribution is 7.86. The molecule has 18 heavy (non-hydrogen) atoms. The maximum absolute atomic E-state index is 12.6. The van der Waals surface area contributed by atoms with Crippen LogP contribution in [0.4, 0.5) is 9.57 Å². The van der Waals surface area contributed by atoms with E-state index in [-0.39, 0.29) is 24.6 Å². The first-order chi connectivity index (χ1) is 8.35. The molecular formula is C11H12FNO4S. The number of benzene rings is 1. The van der Waals surface area contributed by atoms with E-state index < -0.39 is 21.9 Å². The van der Waals surface area contributed by atoms with Crippen LogP contribution in [0, 0.1) is 5.92 Å². The minimum absolute atomic E-state index is 0.0179. The average Bonchev–Trinajstić information content (AvgIpc) is 2.58. The molecule has 1 saturated heterocycles. The number of phenols is 1. The first-order valence-electron chi connectivity index (χ1n) is 5.37. The Balaban J connectivity index is 2.12. The summed E-state index contributed by atoms with van der Waals surface area (Å²) in [5, 5.41) is 9.14. The van der Waals surface area contributed by atoms with Gasteiger partial charge in [-0.05, 0) is 24.3 Å². The third-order valence-corrected chi connectivity index (χ3v) is 3.67. The van der Waals surface area contributed by atoms with Crippen molar-refractivity contribution >= 4 is 21.8 Å². The molecule has 1 fully saturated rings. The van der Waals surface area contributed by atoms with Gasteiger partial charge in [0.25, 0.3) is 0 Å². The summed E-state index contributed by atoms with van der Waals surface area (Å²) in [5.41, 5.74) is 0.566. The van der Waals surface area contributed by atoms with Crippen LogP contribution in [-0.4, -0.2) is 31.7 Å². The van der Waals surface area contributed by atoms with Crippen LogP contribution in [0.3, 0.4) is 0 Å². The number of aromatic hydroxyl groups is 1. The number of phenolic OH excluding ortho intramolecular Hbond substituents is 1. The largest absolute Gasteiger partial charge is 0.508 e. The zero-order valence-corrected chi connectivity index (χ0v) is 10.2. The lowest BCUT2D eigenvalue weighted by molar-refractivity contribution is -0.117. The van der Waals surface area contributed by atoms with Crippen molar-refractivity contribution in [2.45, 2.75) is 6.42 Å². The van der Waals surface area contributed by atoms with E-state index in [0.29, 0.717) is 5.69 Å². The second kappa shape index (κ2) is 4.56. The summed E-state index contributed by atoms with van der Waals surface area (Å²) in [6, 6.07) is 5.97. The number of amides is 1. The minimum atomic E-state index is -4.56. The highest BCUT2D eigenvalue weighted by atomic mass is 32.3. The van der Waals surface area contributed by atoms with Gasteiger partial charge in [0, 0.05) is 24.6 Å². The van der Waals surface area contributed by atoms with Gasteiger partial charge in [-0.15, -0.1) is 3.89 Å². The van der Waals surface area contributed by atoms with Crippen molar-refractivity contribution in [1.29, 1.82) is 0 Å². The van der Waals surface area contributed by atoms with Crippen molar-refractivity contribution in [3.8, 4) is 5.75 Å². The minimum Gasteiger partial charge on any atom is -0.508 e. The Morgan fingerprint density at radius 2 is 1.94 bits per heavy atom. The van der Waals surface area contributed by atoms with E-state index in [9.17, 15) is 17.1 Å². The summed E-state index contributed by atoms with van der Waals surface area (Å²) < 4.78 is 33.7. The van der Waals surface area contributed by atoms with Crippen LogP contribution >= 0.6 is 0 Å². The predicted molar refractivity (Wildman–Crippen MR) is 63.5 cm³/mol. The average molecular weight is 273 g/mol. The van der Waals surface area contributed by atoms with E-state index in [1.165, 1.54) is 17.0 Å². The summed E-state index contributed by atoms with van der Waals surface area (Å²) in [5.74, 6) is -1.32. The second-order valence-electron chi connectivity index (χ2n) is 4.30. The molecular weight excluding hydrogens is 261 g/mol. The number of anilines is 1. The number of hydrogen-bond acceptors (Lipinski definition) is 4. The standard InChI is InChI=1S/C11H12FNO4S/c12-18(16,17)7-8-5-11(15)13(6-8)9-1-3-10(14)4-2-9/h1-4,8,14H,5-7H2. The monoisotopic (exact) mass is 273 g/mol. The van der Waals surface area contributed by atoms with Gasteiger partial charge in [-0.2, -0.15) is 8.42 Å². The molecule has 0 spiro atoms. The molecule has 7 heteroatoms. The number of rotatable bonds is 3. The first-order valence-corrected chi connectivity index (χ1v) is 6.92. The summed E-state index contributed by atoms with van der Waals surface area (Å²) in [7, 11) is -4.56. The fourth-order valence-corrected chi connectivity index (χ4v) is 2.84.